The highest BCUT2D eigenvalue weighted by atomic mass is 16.6. The van der Waals surface area contributed by atoms with Crippen LogP contribution < -0.4 is 11.2 Å². The van der Waals surface area contributed by atoms with E-state index in [2.05, 4.69) is 10.7 Å². The summed E-state index contributed by atoms with van der Waals surface area (Å²) in [7, 11) is 0. The van der Waals surface area contributed by atoms with Crippen molar-refractivity contribution in [2.75, 3.05) is 6.61 Å². The van der Waals surface area contributed by atoms with Crippen molar-refractivity contribution >= 4 is 5.97 Å². The molecular weight excluding hydrogens is 356 g/mol. The van der Waals surface area contributed by atoms with E-state index in [1.165, 1.54) is 6.08 Å². The third kappa shape index (κ3) is 4.45. The first-order valence-electron chi connectivity index (χ1n) is 8.51. The van der Waals surface area contributed by atoms with E-state index in [0.29, 0.717) is 0 Å². The molecule has 1 aromatic rings. The number of carbonyl (C=O) groups is 1. The van der Waals surface area contributed by atoms with Gasteiger partial charge in [0, 0.05) is 12.3 Å². The molecule has 9 nitrogen and oxygen atoms in total. The summed E-state index contributed by atoms with van der Waals surface area (Å²) in [5, 5.41) is 21.7. The van der Waals surface area contributed by atoms with E-state index in [1.54, 1.807) is 27.7 Å². The number of aromatic amines is 1. The zero-order valence-electron chi connectivity index (χ0n) is 15.6. The van der Waals surface area contributed by atoms with Crippen LogP contribution in [0.1, 0.15) is 33.9 Å². The van der Waals surface area contributed by atoms with E-state index in [4.69, 9.17) is 9.47 Å². The lowest BCUT2D eigenvalue weighted by Gasteiger charge is -2.27. The number of carbonyl (C=O) groups excluding carboxylic acids is 1. The van der Waals surface area contributed by atoms with Gasteiger partial charge in [0.1, 0.15) is 18.8 Å². The molecular formula is C18H24N2O7. The van der Waals surface area contributed by atoms with Gasteiger partial charge in [0.2, 0.25) is 0 Å². The number of nitrogens with one attached hydrogen (secondary N) is 1. The fourth-order valence-corrected chi connectivity index (χ4v) is 2.57. The van der Waals surface area contributed by atoms with E-state index < -0.39 is 41.3 Å². The van der Waals surface area contributed by atoms with Gasteiger partial charge in [-0.2, -0.15) is 0 Å². The van der Waals surface area contributed by atoms with Crippen LogP contribution in [0.2, 0.25) is 0 Å². The van der Waals surface area contributed by atoms with Crippen LogP contribution >= 0.6 is 0 Å². The fraction of sp³-hybridized carbons (Fsp3) is 0.556. The monoisotopic (exact) mass is 380 g/mol. The predicted molar refractivity (Wildman–Crippen MR) is 94.9 cm³/mol. The maximum absolute atomic E-state index is 12.1. The molecule has 2 heterocycles. The van der Waals surface area contributed by atoms with Gasteiger partial charge in [-0.15, -0.1) is 5.73 Å². The molecule has 1 aliphatic rings. The molecule has 0 bridgehead atoms. The average Bonchev–Trinajstić information content (AvgIpc) is 2.83. The summed E-state index contributed by atoms with van der Waals surface area (Å²) in [4.78, 5) is 37.2. The minimum Gasteiger partial charge on any atom is -0.463 e. The Bertz CT molecular complexity index is 874. The molecule has 148 valence electrons. The largest absolute Gasteiger partial charge is 0.463 e. The number of aliphatic hydroxyl groups is 2. The first-order chi connectivity index (χ1) is 12.6. The lowest BCUT2D eigenvalue weighted by molar-refractivity contribution is -0.153. The van der Waals surface area contributed by atoms with Gasteiger partial charge in [0.05, 0.1) is 5.92 Å². The zero-order chi connectivity index (χ0) is 20.4. The molecule has 27 heavy (non-hydrogen) atoms. The first kappa shape index (κ1) is 20.9. The smallest absolute Gasteiger partial charge is 0.330 e. The van der Waals surface area contributed by atoms with Crippen LogP contribution in [0.4, 0.5) is 0 Å². The number of aliphatic hydroxyl groups excluding tert-OH is 1. The topological polar surface area (TPSA) is 131 Å². The molecule has 1 saturated heterocycles. The first-order valence-corrected chi connectivity index (χ1v) is 8.51. The van der Waals surface area contributed by atoms with Crippen LogP contribution in [0.5, 0.6) is 0 Å². The number of ether oxygens (including phenoxy) is 2. The number of aromatic nitrogens is 2. The van der Waals surface area contributed by atoms with Crippen LogP contribution in [-0.2, 0) is 14.3 Å². The normalized spacial score (nSPS) is 27.3. The summed E-state index contributed by atoms with van der Waals surface area (Å²) in [5.41, 5.74) is 0.0592. The lowest BCUT2D eigenvalue weighted by atomic mass is 9.93. The van der Waals surface area contributed by atoms with E-state index >= 15 is 0 Å². The molecule has 0 amide bonds. The van der Waals surface area contributed by atoms with Gasteiger partial charge in [-0.25, -0.2) is 4.79 Å². The van der Waals surface area contributed by atoms with E-state index in [0.717, 1.165) is 22.4 Å². The van der Waals surface area contributed by atoms with Gasteiger partial charge in [0.25, 0.3) is 5.56 Å². The number of hydrogen-bond acceptors (Lipinski definition) is 7. The second-order valence-electron chi connectivity index (χ2n) is 6.95. The molecule has 0 aromatic carbocycles. The Labute approximate surface area is 155 Å². The van der Waals surface area contributed by atoms with Crippen LogP contribution in [0.3, 0.4) is 0 Å². The number of esters is 1. The Kier molecular flexibility index (Phi) is 6.22. The quantitative estimate of drug-likeness (QED) is 0.478. The summed E-state index contributed by atoms with van der Waals surface area (Å²) in [6, 6.07) is 1.09. The van der Waals surface area contributed by atoms with Crippen molar-refractivity contribution in [3.63, 3.8) is 0 Å². The summed E-state index contributed by atoms with van der Waals surface area (Å²) in [6.07, 6.45) is -1.58. The maximum Gasteiger partial charge on any atom is 0.330 e. The van der Waals surface area contributed by atoms with E-state index in [9.17, 15) is 24.6 Å². The molecule has 2 rings (SSSR count). The van der Waals surface area contributed by atoms with Crippen LogP contribution in [0.25, 0.3) is 0 Å². The van der Waals surface area contributed by atoms with Gasteiger partial charge in [0.15, 0.2) is 11.8 Å². The van der Waals surface area contributed by atoms with Crippen molar-refractivity contribution in [1.82, 2.24) is 9.55 Å². The third-order valence-electron chi connectivity index (χ3n) is 4.08. The van der Waals surface area contributed by atoms with Crippen molar-refractivity contribution in [3.8, 4) is 0 Å². The Hall–Kier alpha value is -2.45. The Morgan fingerprint density at radius 2 is 2.15 bits per heavy atom. The molecule has 9 heteroatoms. The van der Waals surface area contributed by atoms with Crippen molar-refractivity contribution in [3.05, 3.63) is 50.5 Å². The van der Waals surface area contributed by atoms with Crippen LogP contribution in [0.15, 0.2) is 39.2 Å². The third-order valence-corrected chi connectivity index (χ3v) is 4.08. The SMILES string of the molecule is CC(C)=C=C[C@@]1(O)[C@H](O)[C@@H](COC(=O)C(C)C)O[C@H]1n1ccc(=O)[nH]c1=O. The average molecular weight is 380 g/mol. The number of nitrogens with zero attached hydrogens (tertiary/aromatic N) is 1. The highest BCUT2D eigenvalue weighted by Crippen LogP contribution is 2.39. The highest BCUT2D eigenvalue weighted by Gasteiger charge is 2.55. The van der Waals surface area contributed by atoms with Crippen LogP contribution in [0, 0.1) is 5.92 Å². The van der Waals surface area contributed by atoms with Crippen molar-refractivity contribution in [1.29, 1.82) is 0 Å². The summed E-state index contributed by atoms with van der Waals surface area (Å²) in [6.45, 7) is 6.49. The van der Waals surface area contributed by atoms with E-state index in [-0.39, 0.29) is 12.5 Å². The minimum absolute atomic E-state index is 0.308. The number of hydrogen-bond donors (Lipinski definition) is 3. The zero-order valence-corrected chi connectivity index (χ0v) is 15.6. The summed E-state index contributed by atoms with van der Waals surface area (Å²) < 4.78 is 11.7. The predicted octanol–water partition coefficient (Wildman–Crippen LogP) is -0.153. The molecule has 0 unspecified atom stereocenters. The Morgan fingerprint density at radius 1 is 1.48 bits per heavy atom. The molecule has 1 aromatic heterocycles. The molecule has 3 N–H and O–H groups in total. The molecule has 1 aliphatic heterocycles. The van der Waals surface area contributed by atoms with Crippen LogP contribution in [-0.4, -0.2) is 50.1 Å². The standard InChI is InChI=1S/C18H24N2O7/c1-10(2)5-7-18(25)14(22)12(9-26-15(23)11(3)4)27-16(18)20-8-6-13(21)19-17(20)24/h6-8,11-12,14,16,22,25H,9H2,1-4H3,(H,19,21,24)/t12-,14-,16-,18-/m1/s1. The number of rotatable bonds is 5. The second-order valence-corrected chi connectivity index (χ2v) is 6.95. The van der Waals surface area contributed by atoms with Gasteiger partial charge < -0.3 is 19.7 Å². The van der Waals surface area contributed by atoms with Gasteiger partial charge in [-0.3, -0.25) is 19.1 Å². The van der Waals surface area contributed by atoms with Crippen molar-refractivity contribution in [2.24, 2.45) is 5.92 Å². The maximum atomic E-state index is 12.1. The van der Waals surface area contributed by atoms with Crippen molar-refractivity contribution < 1.29 is 24.5 Å². The summed E-state index contributed by atoms with van der Waals surface area (Å²) >= 11 is 0. The van der Waals surface area contributed by atoms with Gasteiger partial charge in [-0.05, 0) is 25.5 Å². The molecule has 0 spiro atoms. The highest BCUT2D eigenvalue weighted by molar-refractivity contribution is 5.71. The van der Waals surface area contributed by atoms with E-state index in [1.807, 2.05) is 0 Å². The Morgan fingerprint density at radius 3 is 2.70 bits per heavy atom. The lowest BCUT2D eigenvalue weighted by Crippen LogP contribution is -2.47. The molecule has 0 aliphatic carbocycles. The fourth-order valence-electron chi connectivity index (χ4n) is 2.57. The van der Waals surface area contributed by atoms with Gasteiger partial charge in [-0.1, -0.05) is 13.8 Å². The molecule has 1 fully saturated rings. The molecule has 4 atom stereocenters. The number of H-pyrrole nitrogens is 1. The Balaban J connectivity index is 2.42. The van der Waals surface area contributed by atoms with Crippen molar-refractivity contribution in [2.45, 2.75) is 51.7 Å². The second kappa shape index (κ2) is 8.06. The minimum atomic E-state index is -2.03. The van der Waals surface area contributed by atoms with Gasteiger partial charge >= 0.3 is 11.7 Å². The molecule has 0 saturated carbocycles. The summed E-state index contributed by atoms with van der Waals surface area (Å²) in [5.74, 6) is -0.857. The molecule has 0 radical (unpaired) electrons.